The van der Waals surface area contributed by atoms with Gasteiger partial charge in [-0.15, -0.1) is 10.2 Å². The molecule has 18 heteroatoms. The van der Waals surface area contributed by atoms with Crippen LogP contribution in [0.4, 0.5) is 28.9 Å². The number of nitrogens with one attached hydrogen (secondary N) is 2. The fourth-order valence-electron chi connectivity index (χ4n) is 5.63. The lowest BCUT2D eigenvalue weighted by molar-refractivity contribution is -0.137. The number of rotatable bonds is 7. The number of fused-ring (bicyclic) bond motifs is 1. The molecule has 2 aliphatic rings. The Labute approximate surface area is 264 Å². The molecule has 0 radical (unpaired) electrons. The molecule has 0 saturated carbocycles. The summed E-state index contributed by atoms with van der Waals surface area (Å²) in [5.74, 6) is -1.47. The molecule has 0 unspecified atom stereocenters. The van der Waals surface area contributed by atoms with Gasteiger partial charge in [0.25, 0.3) is 11.5 Å². The number of piperazine rings is 1. The zero-order valence-corrected chi connectivity index (χ0v) is 25.4. The van der Waals surface area contributed by atoms with Crippen LogP contribution in [-0.4, -0.2) is 90.5 Å². The van der Waals surface area contributed by atoms with Crippen LogP contribution >= 0.6 is 0 Å². The fraction of sp³-hybridized carbons (Fsp3) is 0.414. The maximum Gasteiger partial charge on any atom is 0.416 e. The highest BCUT2D eigenvalue weighted by atomic mass is 19.4. The summed E-state index contributed by atoms with van der Waals surface area (Å²) < 4.78 is 61.7. The maximum absolute atomic E-state index is 14.6. The highest BCUT2D eigenvalue weighted by Crippen LogP contribution is 2.31. The van der Waals surface area contributed by atoms with Crippen LogP contribution in [0.1, 0.15) is 46.9 Å². The number of anilines is 2. The number of carbonyl (C=O) groups is 2. The van der Waals surface area contributed by atoms with Gasteiger partial charge in [-0.05, 0) is 43.5 Å². The molecule has 2 N–H and O–H groups in total. The lowest BCUT2D eigenvalue weighted by Gasteiger charge is -2.36. The van der Waals surface area contributed by atoms with Crippen molar-refractivity contribution in [3.63, 3.8) is 0 Å². The molecule has 2 amide bonds. The number of amides is 2. The van der Waals surface area contributed by atoms with E-state index in [1.54, 1.807) is 24.8 Å². The minimum atomic E-state index is -4.75. The van der Waals surface area contributed by atoms with Crippen molar-refractivity contribution in [2.45, 2.75) is 39.4 Å². The number of ether oxygens (including phenoxy) is 1. The van der Waals surface area contributed by atoms with Gasteiger partial charge in [0, 0.05) is 26.2 Å². The van der Waals surface area contributed by atoms with Gasteiger partial charge in [0.05, 0.1) is 30.2 Å². The molecule has 248 valence electrons. The van der Waals surface area contributed by atoms with Crippen molar-refractivity contribution in [2.75, 3.05) is 49.6 Å². The van der Waals surface area contributed by atoms with E-state index >= 15 is 0 Å². The van der Waals surface area contributed by atoms with E-state index in [1.165, 1.54) is 4.57 Å². The van der Waals surface area contributed by atoms with Crippen molar-refractivity contribution in [1.82, 2.24) is 39.2 Å². The van der Waals surface area contributed by atoms with Crippen LogP contribution in [0.25, 0.3) is 11.4 Å². The maximum atomic E-state index is 14.6. The Kier molecular flexibility index (Phi) is 8.52. The van der Waals surface area contributed by atoms with Gasteiger partial charge in [0.1, 0.15) is 23.9 Å². The Morgan fingerprint density at radius 2 is 1.89 bits per heavy atom. The smallest absolute Gasteiger partial charge is 0.377 e. The van der Waals surface area contributed by atoms with Crippen molar-refractivity contribution < 1.29 is 31.9 Å². The number of aryl methyl sites for hydroxylation is 1. The monoisotopic (exact) mass is 658 g/mol. The van der Waals surface area contributed by atoms with E-state index in [0.717, 1.165) is 16.2 Å². The van der Waals surface area contributed by atoms with Crippen molar-refractivity contribution in [2.24, 2.45) is 0 Å². The summed E-state index contributed by atoms with van der Waals surface area (Å²) in [5, 5.41) is 13.4. The molecule has 6 rings (SSSR count). The topological polar surface area (TPSA) is 156 Å². The molecule has 3 aromatic heterocycles. The molecule has 1 fully saturated rings. The summed E-state index contributed by atoms with van der Waals surface area (Å²) in [6, 6.07) is 1.82. The number of carbonyl (C=O) groups excluding carboxylic acids is 2. The van der Waals surface area contributed by atoms with Gasteiger partial charge in [-0.2, -0.15) is 22.7 Å². The van der Waals surface area contributed by atoms with Crippen molar-refractivity contribution in [1.29, 1.82) is 0 Å². The first-order valence-corrected chi connectivity index (χ1v) is 14.8. The summed E-state index contributed by atoms with van der Waals surface area (Å²) in [6.07, 6.45) is -2.17. The van der Waals surface area contributed by atoms with Gasteiger partial charge in [0.2, 0.25) is 17.5 Å². The Morgan fingerprint density at radius 3 is 2.51 bits per heavy atom. The Bertz CT molecular complexity index is 1940. The number of hydrogen-bond acceptors (Lipinski definition) is 9. The van der Waals surface area contributed by atoms with Gasteiger partial charge in [-0.3, -0.25) is 19.5 Å². The molecule has 0 bridgehead atoms. The van der Waals surface area contributed by atoms with E-state index < -0.39 is 41.3 Å². The van der Waals surface area contributed by atoms with Crippen LogP contribution in [-0.2, 0) is 28.7 Å². The highest BCUT2D eigenvalue weighted by molar-refractivity contribution is 5.91. The SMILES string of the molecule is CCc1c(N2CCN(C(=O)c3n[nH]c(C)n3)CC2)c(=O)n2nc(C3=CCOCC3)nc2n1CC(=O)Nc1ccc(C(F)(F)F)cc1F. The molecule has 4 aromatic rings. The average Bonchev–Trinajstić information content (AvgIpc) is 3.70. The first-order chi connectivity index (χ1) is 22.4. The number of halogens is 4. The molecule has 2 aliphatic heterocycles. The predicted molar refractivity (Wildman–Crippen MR) is 159 cm³/mol. The molecular formula is C29H30F4N10O4. The second kappa shape index (κ2) is 12.6. The largest absolute Gasteiger partial charge is 0.416 e. The minimum Gasteiger partial charge on any atom is -0.377 e. The van der Waals surface area contributed by atoms with Crippen LogP contribution in [0.15, 0.2) is 29.1 Å². The molecule has 1 saturated heterocycles. The van der Waals surface area contributed by atoms with E-state index in [2.05, 4.69) is 30.6 Å². The number of H-pyrrole nitrogens is 1. The number of aromatic amines is 1. The second-order valence-corrected chi connectivity index (χ2v) is 11.0. The molecule has 5 heterocycles. The summed E-state index contributed by atoms with van der Waals surface area (Å²) in [7, 11) is 0. The third kappa shape index (κ3) is 6.32. The van der Waals surface area contributed by atoms with E-state index in [1.807, 2.05) is 4.90 Å². The average molecular weight is 659 g/mol. The molecule has 0 spiro atoms. The Morgan fingerprint density at radius 1 is 1.13 bits per heavy atom. The summed E-state index contributed by atoms with van der Waals surface area (Å²) in [5.41, 5.74) is -0.644. The van der Waals surface area contributed by atoms with Gasteiger partial charge < -0.3 is 24.4 Å². The van der Waals surface area contributed by atoms with Gasteiger partial charge in [0.15, 0.2) is 5.82 Å². The van der Waals surface area contributed by atoms with Crippen LogP contribution in [0.2, 0.25) is 0 Å². The van der Waals surface area contributed by atoms with Crippen LogP contribution < -0.4 is 15.8 Å². The second-order valence-electron chi connectivity index (χ2n) is 11.0. The van der Waals surface area contributed by atoms with Crippen LogP contribution in [0, 0.1) is 12.7 Å². The molecule has 47 heavy (non-hydrogen) atoms. The number of nitrogens with zero attached hydrogens (tertiary/aromatic N) is 8. The van der Waals surface area contributed by atoms with E-state index in [-0.39, 0.29) is 61.6 Å². The van der Waals surface area contributed by atoms with Crippen LogP contribution in [0.3, 0.4) is 0 Å². The standard InChI is InChI=1S/C29H30F4N10O4/c1-3-21-23(40-8-10-41(11-9-40)27(46)25-34-16(2)37-38-25)26(45)43-28(36-24(39-43)17-6-12-47-13-7-17)42(21)15-22(44)35-20-5-4-18(14-19(20)30)29(31,32)33/h4-6,14H,3,7-13,15H2,1-2H3,(H,35,44)(H,34,37,38). The summed E-state index contributed by atoms with van der Waals surface area (Å²) in [4.78, 5) is 52.4. The number of alkyl halides is 3. The van der Waals surface area contributed by atoms with Crippen LogP contribution in [0.5, 0.6) is 0 Å². The minimum absolute atomic E-state index is 0.0435. The Balaban J connectivity index is 1.35. The molecule has 14 nitrogen and oxygen atoms in total. The molecule has 1 aromatic carbocycles. The third-order valence-electron chi connectivity index (χ3n) is 7.95. The normalized spacial score (nSPS) is 15.7. The molecule has 0 atom stereocenters. The molecular weight excluding hydrogens is 628 g/mol. The fourth-order valence-corrected chi connectivity index (χ4v) is 5.63. The van der Waals surface area contributed by atoms with Crippen molar-refractivity contribution >= 4 is 34.5 Å². The summed E-state index contributed by atoms with van der Waals surface area (Å²) >= 11 is 0. The highest BCUT2D eigenvalue weighted by Gasteiger charge is 2.32. The van der Waals surface area contributed by atoms with Gasteiger partial charge in [-0.25, -0.2) is 9.37 Å². The van der Waals surface area contributed by atoms with Gasteiger partial charge >= 0.3 is 6.18 Å². The van der Waals surface area contributed by atoms with E-state index in [4.69, 9.17) is 4.74 Å². The molecule has 0 aliphatic carbocycles. The van der Waals surface area contributed by atoms with Gasteiger partial charge in [-0.1, -0.05) is 13.0 Å². The number of aromatic nitrogens is 7. The lowest BCUT2D eigenvalue weighted by atomic mass is 10.1. The van der Waals surface area contributed by atoms with Crippen molar-refractivity contribution in [3.05, 3.63) is 69.2 Å². The number of benzene rings is 1. The number of hydrogen-bond donors (Lipinski definition) is 2. The quantitative estimate of drug-likeness (QED) is 0.285. The Hall–Kier alpha value is -5.13. The first-order valence-electron chi connectivity index (χ1n) is 14.8. The predicted octanol–water partition coefficient (Wildman–Crippen LogP) is 2.44. The third-order valence-corrected chi connectivity index (χ3v) is 7.95. The first kappa shape index (κ1) is 31.8. The van der Waals surface area contributed by atoms with Crippen molar-refractivity contribution in [3.8, 4) is 0 Å². The van der Waals surface area contributed by atoms with E-state index in [0.29, 0.717) is 43.3 Å². The lowest BCUT2D eigenvalue weighted by Crippen LogP contribution is -2.51. The zero-order chi connectivity index (χ0) is 33.5. The zero-order valence-electron chi connectivity index (χ0n) is 25.4. The van der Waals surface area contributed by atoms with E-state index in [9.17, 15) is 31.9 Å². The summed E-state index contributed by atoms with van der Waals surface area (Å²) in [6.45, 7) is 4.88.